The number of aliphatic hydroxyl groups excluding tert-OH is 1. The van der Waals surface area contributed by atoms with Crippen molar-refractivity contribution in [3.8, 4) is 0 Å². The molecule has 19 heavy (non-hydrogen) atoms. The first kappa shape index (κ1) is 14.3. The average Bonchev–Trinajstić information content (AvgIpc) is 2.39. The van der Waals surface area contributed by atoms with Gasteiger partial charge in [-0.2, -0.15) is 0 Å². The number of nitrogens with zero attached hydrogens (tertiary/aromatic N) is 1. The van der Waals surface area contributed by atoms with Gasteiger partial charge in [0.15, 0.2) is 0 Å². The Labute approximate surface area is 114 Å². The number of anilines is 1. The van der Waals surface area contributed by atoms with E-state index >= 15 is 0 Å². The third-order valence-corrected chi connectivity index (χ3v) is 3.60. The number of hydrogen-bond donors (Lipinski definition) is 1. The lowest BCUT2D eigenvalue weighted by molar-refractivity contribution is 0.0215. The maximum absolute atomic E-state index is 13.3. The summed E-state index contributed by atoms with van der Waals surface area (Å²) in [5.74, 6) is -0.318. The van der Waals surface area contributed by atoms with Crippen LogP contribution in [-0.2, 0) is 4.74 Å². The summed E-state index contributed by atoms with van der Waals surface area (Å²) in [7, 11) is 1.96. The number of hydrogen-bond acceptors (Lipinski definition) is 3. The molecule has 1 aromatic rings. The van der Waals surface area contributed by atoms with Crippen LogP contribution in [0.4, 0.5) is 10.1 Å². The molecule has 1 saturated heterocycles. The highest BCUT2D eigenvalue weighted by Gasteiger charge is 2.19. The SMILES string of the molecule is C[C@@H](O)c1cc(F)ccc1N(C)CC1CCCCO1. The number of ether oxygens (including phenoxy) is 1. The van der Waals surface area contributed by atoms with Crippen molar-refractivity contribution in [3.05, 3.63) is 29.6 Å². The second kappa shape index (κ2) is 6.35. The van der Waals surface area contributed by atoms with E-state index in [4.69, 9.17) is 4.74 Å². The van der Waals surface area contributed by atoms with Crippen molar-refractivity contribution in [2.24, 2.45) is 0 Å². The Morgan fingerprint density at radius 2 is 2.26 bits per heavy atom. The summed E-state index contributed by atoms with van der Waals surface area (Å²) in [6.45, 7) is 3.25. The van der Waals surface area contributed by atoms with Crippen LogP contribution in [0.5, 0.6) is 0 Å². The van der Waals surface area contributed by atoms with Crippen molar-refractivity contribution in [2.75, 3.05) is 25.1 Å². The van der Waals surface area contributed by atoms with E-state index < -0.39 is 6.10 Å². The third-order valence-electron chi connectivity index (χ3n) is 3.60. The van der Waals surface area contributed by atoms with Crippen molar-refractivity contribution in [3.63, 3.8) is 0 Å². The van der Waals surface area contributed by atoms with Crippen LogP contribution in [0.15, 0.2) is 18.2 Å². The maximum Gasteiger partial charge on any atom is 0.123 e. The van der Waals surface area contributed by atoms with E-state index in [1.807, 2.05) is 11.9 Å². The van der Waals surface area contributed by atoms with Gasteiger partial charge in [-0.25, -0.2) is 4.39 Å². The van der Waals surface area contributed by atoms with Gasteiger partial charge < -0.3 is 14.7 Å². The van der Waals surface area contributed by atoms with Crippen molar-refractivity contribution < 1.29 is 14.2 Å². The minimum absolute atomic E-state index is 0.227. The van der Waals surface area contributed by atoms with Gasteiger partial charge in [0.05, 0.1) is 12.2 Å². The quantitative estimate of drug-likeness (QED) is 0.910. The minimum atomic E-state index is -0.680. The molecule has 0 saturated carbocycles. The summed E-state index contributed by atoms with van der Waals surface area (Å²) >= 11 is 0. The van der Waals surface area contributed by atoms with E-state index in [-0.39, 0.29) is 11.9 Å². The Morgan fingerprint density at radius 3 is 2.89 bits per heavy atom. The predicted octanol–water partition coefficient (Wildman–Crippen LogP) is 2.88. The van der Waals surface area contributed by atoms with E-state index in [0.29, 0.717) is 5.56 Å². The van der Waals surface area contributed by atoms with Gasteiger partial charge in [0.25, 0.3) is 0 Å². The van der Waals surface area contributed by atoms with Gasteiger partial charge in [0.2, 0.25) is 0 Å². The van der Waals surface area contributed by atoms with Crippen molar-refractivity contribution >= 4 is 5.69 Å². The first-order chi connectivity index (χ1) is 9.08. The van der Waals surface area contributed by atoms with Crippen molar-refractivity contribution in [1.29, 1.82) is 0 Å². The molecule has 2 atom stereocenters. The molecule has 106 valence electrons. The van der Waals surface area contributed by atoms with Gasteiger partial charge in [-0.1, -0.05) is 0 Å². The molecular formula is C15H22FNO2. The molecule has 1 aliphatic rings. The van der Waals surface area contributed by atoms with Gasteiger partial charge in [-0.05, 0) is 44.4 Å². The summed E-state index contributed by atoms with van der Waals surface area (Å²) in [5.41, 5.74) is 1.49. The monoisotopic (exact) mass is 267 g/mol. The topological polar surface area (TPSA) is 32.7 Å². The number of benzene rings is 1. The predicted molar refractivity (Wildman–Crippen MR) is 73.9 cm³/mol. The lowest BCUT2D eigenvalue weighted by atomic mass is 10.1. The molecule has 0 aromatic heterocycles. The molecule has 0 spiro atoms. The Balaban J connectivity index is 2.11. The Hall–Kier alpha value is -1.13. The van der Waals surface area contributed by atoms with Crippen LogP contribution < -0.4 is 4.90 Å². The number of aliphatic hydroxyl groups is 1. The minimum Gasteiger partial charge on any atom is -0.389 e. The normalized spacial score (nSPS) is 21.2. The van der Waals surface area contributed by atoms with Crippen LogP contribution in [0.2, 0.25) is 0 Å². The van der Waals surface area contributed by atoms with Crippen LogP contribution in [-0.4, -0.2) is 31.4 Å². The Morgan fingerprint density at radius 1 is 1.47 bits per heavy atom. The second-order valence-corrected chi connectivity index (χ2v) is 5.25. The molecule has 1 heterocycles. The lowest BCUT2D eigenvalue weighted by Crippen LogP contribution is -2.33. The molecule has 0 aliphatic carbocycles. The third kappa shape index (κ3) is 3.67. The number of halogens is 1. The fraction of sp³-hybridized carbons (Fsp3) is 0.600. The fourth-order valence-electron chi connectivity index (χ4n) is 2.56. The number of rotatable bonds is 4. The molecule has 0 radical (unpaired) electrons. The first-order valence-electron chi connectivity index (χ1n) is 6.88. The summed E-state index contributed by atoms with van der Waals surface area (Å²) in [4.78, 5) is 2.04. The standard InChI is InChI=1S/C15H22FNO2/c1-11(18)14-9-12(16)6-7-15(14)17(2)10-13-5-3-4-8-19-13/h6-7,9,11,13,18H,3-5,8,10H2,1-2H3/t11-,13?/m1/s1. The van der Waals surface area contributed by atoms with E-state index in [0.717, 1.165) is 31.7 Å². The zero-order valence-electron chi connectivity index (χ0n) is 11.6. The molecule has 1 unspecified atom stereocenters. The smallest absolute Gasteiger partial charge is 0.123 e. The van der Waals surface area contributed by atoms with Gasteiger partial charge in [0, 0.05) is 31.5 Å². The average molecular weight is 267 g/mol. The van der Waals surface area contributed by atoms with Gasteiger partial charge in [0.1, 0.15) is 5.82 Å². The first-order valence-corrected chi connectivity index (χ1v) is 6.88. The molecular weight excluding hydrogens is 245 g/mol. The molecule has 1 N–H and O–H groups in total. The van der Waals surface area contributed by atoms with Crippen molar-refractivity contribution in [2.45, 2.75) is 38.4 Å². The highest BCUT2D eigenvalue weighted by Crippen LogP contribution is 2.27. The summed E-state index contributed by atoms with van der Waals surface area (Å²) < 4.78 is 19.0. The largest absolute Gasteiger partial charge is 0.389 e. The second-order valence-electron chi connectivity index (χ2n) is 5.25. The molecule has 3 nitrogen and oxygen atoms in total. The van der Waals surface area contributed by atoms with Crippen LogP contribution in [0.25, 0.3) is 0 Å². The van der Waals surface area contributed by atoms with E-state index in [2.05, 4.69) is 0 Å². The zero-order valence-corrected chi connectivity index (χ0v) is 11.6. The molecule has 0 bridgehead atoms. The molecule has 1 aliphatic heterocycles. The Bertz CT molecular complexity index is 417. The molecule has 1 fully saturated rings. The molecule has 4 heteroatoms. The van der Waals surface area contributed by atoms with Gasteiger partial charge in [-0.15, -0.1) is 0 Å². The summed E-state index contributed by atoms with van der Waals surface area (Å²) in [6, 6.07) is 4.55. The fourth-order valence-corrected chi connectivity index (χ4v) is 2.56. The molecule has 2 rings (SSSR count). The highest BCUT2D eigenvalue weighted by atomic mass is 19.1. The van der Waals surface area contributed by atoms with E-state index in [1.165, 1.54) is 18.6 Å². The molecule has 0 amide bonds. The summed E-state index contributed by atoms with van der Waals surface area (Å²) in [5, 5.41) is 9.76. The van der Waals surface area contributed by atoms with E-state index in [9.17, 15) is 9.50 Å². The Kier molecular flexibility index (Phi) is 4.77. The highest BCUT2D eigenvalue weighted by molar-refractivity contribution is 5.54. The molecule has 1 aromatic carbocycles. The van der Waals surface area contributed by atoms with Crippen LogP contribution in [0, 0.1) is 5.82 Å². The zero-order chi connectivity index (χ0) is 13.8. The maximum atomic E-state index is 13.3. The van der Waals surface area contributed by atoms with Crippen LogP contribution in [0.1, 0.15) is 37.9 Å². The van der Waals surface area contributed by atoms with Gasteiger partial charge in [-0.3, -0.25) is 0 Å². The summed E-state index contributed by atoms with van der Waals surface area (Å²) in [6.07, 6.45) is 2.95. The number of likely N-dealkylation sites (N-methyl/N-ethyl adjacent to an activating group) is 1. The van der Waals surface area contributed by atoms with Gasteiger partial charge >= 0.3 is 0 Å². The van der Waals surface area contributed by atoms with Crippen LogP contribution in [0.3, 0.4) is 0 Å². The van der Waals surface area contributed by atoms with Crippen LogP contribution >= 0.6 is 0 Å². The lowest BCUT2D eigenvalue weighted by Gasteiger charge is -2.30. The van der Waals surface area contributed by atoms with E-state index in [1.54, 1.807) is 13.0 Å². The van der Waals surface area contributed by atoms with Crippen molar-refractivity contribution in [1.82, 2.24) is 0 Å².